The first-order valence-electron chi connectivity index (χ1n) is 6.83. The van der Waals surface area contributed by atoms with Gasteiger partial charge in [0.2, 0.25) is 0 Å². The van der Waals surface area contributed by atoms with Crippen LogP contribution in [0.3, 0.4) is 0 Å². The number of allylic oxidation sites excluding steroid dienone is 4. The first-order valence-corrected chi connectivity index (χ1v) is 10.8. The molecule has 1 nitrogen and oxygen atoms in total. The Balaban J connectivity index is 0.00000161. The van der Waals surface area contributed by atoms with Crippen LogP contribution in [0.5, 0.6) is 0 Å². The second kappa shape index (κ2) is 8.72. The fourth-order valence-corrected chi connectivity index (χ4v) is 5.00. The van der Waals surface area contributed by atoms with Crippen LogP contribution in [-0.2, 0) is 17.4 Å². The van der Waals surface area contributed by atoms with Crippen LogP contribution in [-0.4, -0.2) is 12.4 Å². The second-order valence-corrected chi connectivity index (χ2v) is 12.1. The number of para-hydroxylation sites is 1. The quantitative estimate of drug-likeness (QED) is 0.349. The van der Waals surface area contributed by atoms with Gasteiger partial charge in [-0.2, -0.15) is 28.3 Å². The van der Waals surface area contributed by atoms with Crippen molar-refractivity contribution in [2.75, 3.05) is 0 Å². The average molecular weight is 422 g/mol. The standard InChI is InChI=1S/C17H17ClNSi.2ClH.Cr/c1-12-10-14(11-16(12)20(2,3)18)15-8-4-6-13-7-5-9-19-17(13)15;;;/h4-9H,11H2,1-3H3;2*1H;/q-1;;;+3/p-2. The van der Waals surface area contributed by atoms with E-state index in [9.17, 15) is 0 Å². The van der Waals surface area contributed by atoms with E-state index in [0.717, 1.165) is 11.9 Å². The van der Waals surface area contributed by atoms with Gasteiger partial charge in [-0.1, -0.05) is 50.2 Å². The molecule has 1 heterocycles. The molecule has 121 valence electrons. The molecule has 0 spiro atoms. The van der Waals surface area contributed by atoms with Crippen LogP contribution in [0.1, 0.15) is 18.9 Å². The zero-order valence-electron chi connectivity index (χ0n) is 13.2. The summed E-state index contributed by atoms with van der Waals surface area (Å²) in [6.07, 6.45) is 6.30. The summed E-state index contributed by atoms with van der Waals surface area (Å²) in [6, 6.07) is 10.4. The number of rotatable bonds is 2. The van der Waals surface area contributed by atoms with Gasteiger partial charge in [0.15, 0.2) is 0 Å². The number of pyridine rings is 1. The molecule has 0 aliphatic heterocycles. The number of hydrogen-bond acceptors (Lipinski definition) is 1. The molecule has 0 unspecified atom stereocenters. The van der Waals surface area contributed by atoms with E-state index in [4.69, 9.17) is 11.1 Å². The Morgan fingerprint density at radius 3 is 2.39 bits per heavy atom. The molecule has 0 saturated carbocycles. The van der Waals surface area contributed by atoms with Gasteiger partial charge in [0.25, 0.3) is 0 Å². The van der Waals surface area contributed by atoms with E-state index in [2.05, 4.69) is 55.3 Å². The molecule has 0 fully saturated rings. The number of aromatic nitrogens is 1. The van der Waals surface area contributed by atoms with Gasteiger partial charge in [-0.05, 0) is 11.5 Å². The fourth-order valence-electron chi connectivity index (χ4n) is 2.82. The first kappa shape index (κ1) is 22.7. The van der Waals surface area contributed by atoms with E-state index in [0.29, 0.717) is 0 Å². The van der Waals surface area contributed by atoms with Crippen molar-refractivity contribution in [2.24, 2.45) is 0 Å². The van der Waals surface area contributed by atoms with E-state index in [-0.39, 0.29) is 42.2 Å². The number of nitrogens with zero attached hydrogens (tertiary/aromatic N) is 1. The van der Waals surface area contributed by atoms with Gasteiger partial charge in [0, 0.05) is 11.7 Å². The molecule has 1 aromatic carbocycles. The minimum absolute atomic E-state index is 0. The smallest absolute Gasteiger partial charge is 1.00 e. The zero-order chi connectivity index (χ0) is 14.3. The van der Waals surface area contributed by atoms with E-state index >= 15 is 0 Å². The van der Waals surface area contributed by atoms with Crippen molar-refractivity contribution < 1.29 is 42.2 Å². The Morgan fingerprint density at radius 1 is 1.13 bits per heavy atom. The van der Waals surface area contributed by atoms with Crippen molar-refractivity contribution >= 4 is 34.9 Å². The van der Waals surface area contributed by atoms with Crippen LogP contribution >= 0.6 is 11.1 Å². The molecule has 1 aromatic heterocycles. The second-order valence-electron chi connectivity index (χ2n) is 5.74. The molecule has 1 aliphatic rings. The number of halogens is 3. The maximum absolute atomic E-state index is 6.62. The van der Waals surface area contributed by atoms with Crippen molar-refractivity contribution in [3.05, 3.63) is 58.9 Å². The molecule has 1 aliphatic carbocycles. The van der Waals surface area contributed by atoms with Gasteiger partial charge in [-0.15, -0.1) is 11.3 Å². The summed E-state index contributed by atoms with van der Waals surface area (Å²) in [5, 5.41) is 2.56. The summed E-state index contributed by atoms with van der Waals surface area (Å²) in [7, 11) is -1.78. The topological polar surface area (TPSA) is 12.9 Å². The predicted octanol–water partition coefficient (Wildman–Crippen LogP) is -0.870. The van der Waals surface area contributed by atoms with Crippen molar-refractivity contribution in [3.63, 3.8) is 0 Å². The largest absolute Gasteiger partial charge is 3.00 e. The van der Waals surface area contributed by atoms with Crippen LogP contribution in [0.4, 0.5) is 0 Å². The summed E-state index contributed by atoms with van der Waals surface area (Å²) >= 11 is 6.62. The number of benzene rings is 1. The first-order chi connectivity index (χ1) is 9.47. The summed E-state index contributed by atoms with van der Waals surface area (Å²) in [5.41, 5.74) is 4.69. The molecular weight excluding hydrogens is 405 g/mol. The molecule has 3 rings (SSSR count). The molecule has 6 heteroatoms. The Bertz CT molecular complexity index is 746. The third kappa shape index (κ3) is 4.63. The molecule has 23 heavy (non-hydrogen) atoms. The van der Waals surface area contributed by atoms with Gasteiger partial charge in [-0.25, -0.2) is 0 Å². The average Bonchev–Trinajstić information content (AvgIpc) is 2.80. The molecular formula is C17H17Cl3CrNSi. The van der Waals surface area contributed by atoms with Crippen molar-refractivity contribution in [3.8, 4) is 0 Å². The van der Waals surface area contributed by atoms with Gasteiger partial charge in [0.1, 0.15) is 7.38 Å². The summed E-state index contributed by atoms with van der Waals surface area (Å²) in [6.45, 7) is 6.48. The Labute approximate surface area is 166 Å². The van der Waals surface area contributed by atoms with Crippen LogP contribution in [0.2, 0.25) is 13.1 Å². The van der Waals surface area contributed by atoms with Crippen molar-refractivity contribution in [1.29, 1.82) is 0 Å². The molecule has 0 saturated heterocycles. The maximum Gasteiger partial charge on any atom is 3.00 e. The van der Waals surface area contributed by atoms with Gasteiger partial charge in [0.05, 0.1) is 0 Å². The summed E-state index contributed by atoms with van der Waals surface area (Å²) < 4.78 is 0. The Kier molecular flexibility index (Phi) is 8.61. The number of fused-ring (bicyclic) bond motifs is 1. The fraction of sp³-hybridized carbons (Fsp3) is 0.235. The Morgan fingerprint density at radius 2 is 1.78 bits per heavy atom. The third-order valence-electron chi connectivity index (χ3n) is 3.82. The molecule has 2 aromatic rings. The molecule has 0 N–H and O–H groups in total. The summed E-state index contributed by atoms with van der Waals surface area (Å²) in [5.74, 6) is 0. The van der Waals surface area contributed by atoms with E-state index < -0.39 is 7.38 Å². The normalized spacial score (nSPS) is 13.8. The van der Waals surface area contributed by atoms with Crippen molar-refractivity contribution in [2.45, 2.75) is 26.4 Å². The predicted molar refractivity (Wildman–Crippen MR) is 89.0 cm³/mol. The summed E-state index contributed by atoms with van der Waals surface area (Å²) in [4.78, 5) is 4.54. The number of hydrogen-bond donors (Lipinski definition) is 0. The zero-order valence-corrected chi connectivity index (χ0v) is 17.7. The van der Waals surface area contributed by atoms with Crippen LogP contribution in [0.15, 0.2) is 47.3 Å². The maximum atomic E-state index is 6.62. The minimum atomic E-state index is -1.78. The van der Waals surface area contributed by atoms with Gasteiger partial charge < -0.3 is 24.8 Å². The van der Waals surface area contributed by atoms with Gasteiger partial charge in [-0.3, -0.25) is 4.98 Å². The van der Waals surface area contributed by atoms with Crippen LogP contribution in [0.25, 0.3) is 16.5 Å². The molecule has 0 atom stereocenters. The van der Waals surface area contributed by atoms with E-state index in [1.807, 2.05) is 12.3 Å². The minimum Gasteiger partial charge on any atom is -1.00 e. The van der Waals surface area contributed by atoms with Crippen molar-refractivity contribution in [1.82, 2.24) is 4.98 Å². The Hall–Kier alpha value is -0.271. The van der Waals surface area contributed by atoms with Gasteiger partial charge >= 0.3 is 17.4 Å². The van der Waals surface area contributed by atoms with E-state index in [1.54, 1.807) is 0 Å². The SMILES string of the molecule is CC1=C([Si](C)(C)Cl)CC(c2cccc3cccnc23)=[C-]1.[Cl-].[Cl-].[Cr+3]. The monoisotopic (exact) mass is 420 g/mol. The van der Waals surface area contributed by atoms with Crippen LogP contribution < -0.4 is 24.8 Å². The molecule has 0 amide bonds. The van der Waals surface area contributed by atoms with E-state index in [1.165, 1.54) is 27.3 Å². The third-order valence-corrected chi connectivity index (χ3v) is 6.49. The van der Waals surface area contributed by atoms with Crippen LogP contribution in [0, 0.1) is 6.08 Å². The molecule has 1 radical (unpaired) electrons. The molecule has 0 bridgehead atoms.